The van der Waals surface area contributed by atoms with Crippen LogP contribution < -0.4 is 9.64 Å². The molecule has 1 atom stereocenters. The fourth-order valence-corrected chi connectivity index (χ4v) is 4.57. The number of para-hydroxylation sites is 3. The van der Waals surface area contributed by atoms with Crippen LogP contribution in [0.2, 0.25) is 0 Å². The van der Waals surface area contributed by atoms with Gasteiger partial charge in [0.1, 0.15) is 18.2 Å². The maximum absolute atomic E-state index is 12.8. The second-order valence-corrected chi connectivity index (χ2v) is 8.57. The largest absolute Gasteiger partial charge is 0.492 e. The lowest BCUT2D eigenvalue weighted by Crippen LogP contribution is -2.24. The number of carbonyl (C=O) groups is 1. The molecule has 0 N–H and O–H groups in total. The molecule has 0 radical (unpaired) electrons. The smallest absolute Gasteiger partial charge is 0.227 e. The first kappa shape index (κ1) is 19.8. The number of fused-ring (bicyclic) bond motifs is 1. The number of ether oxygens (including phenoxy) is 1. The van der Waals surface area contributed by atoms with Crippen LogP contribution in [0.25, 0.3) is 11.0 Å². The number of halogens is 1. The zero-order valence-electron chi connectivity index (χ0n) is 16.9. The number of nitrogens with zero attached hydrogens (tertiary/aromatic N) is 3. The van der Waals surface area contributed by atoms with Crippen LogP contribution in [0.5, 0.6) is 5.75 Å². The van der Waals surface area contributed by atoms with Crippen LogP contribution in [0, 0.1) is 0 Å². The molecule has 1 aliphatic heterocycles. The summed E-state index contributed by atoms with van der Waals surface area (Å²) in [5.74, 6) is 1.96. The number of benzene rings is 3. The lowest BCUT2D eigenvalue weighted by Gasteiger charge is -2.18. The number of anilines is 1. The van der Waals surface area contributed by atoms with Gasteiger partial charge in [-0.1, -0.05) is 52.3 Å². The Morgan fingerprint density at radius 3 is 2.65 bits per heavy atom. The maximum Gasteiger partial charge on any atom is 0.227 e. The van der Waals surface area contributed by atoms with E-state index >= 15 is 0 Å². The molecule has 1 unspecified atom stereocenters. The van der Waals surface area contributed by atoms with E-state index in [2.05, 4.69) is 26.6 Å². The van der Waals surface area contributed by atoms with Crippen molar-refractivity contribution in [2.24, 2.45) is 0 Å². The number of hydrogen-bond acceptors (Lipinski definition) is 3. The maximum atomic E-state index is 12.8. The first-order chi connectivity index (χ1) is 15.2. The van der Waals surface area contributed by atoms with Gasteiger partial charge in [0, 0.05) is 29.0 Å². The second-order valence-electron chi connectivity index (χ2n) is 7.66. The van der Waals surface area contributed by atoms with E-state index in [0.29, 0.717) is 26.1 Å². The highest BCUT2D eigenvalue weighted by atomic mass is 79.9. The average Bonchev–Trinajstić information content (AvgIpc) is 3.35. The molecule has 4 aromatic rings. The van der Waals surface area contributed by atoms with Crippen molar-refractivity contribution in [1.29, 1.82) is 0 Å². The molecule has 3 aromatic carbocycles. The van der Waals surface area contributed by atoms with E-state index in [0.717, 1.165) is 32.8 Å². The Balaban J connectivity index is 1.41. The predicted molar refractivity (Wildman–Crippen MR) is 126 cm³/mol. The topological polar surface area (TPSA) is 47.4 Å². The number of hydrogen-bond donors (Lipinski definition) is 0. The molecule has 156 valence electrons. The molecule has 1 aliphatic rings. The molecule has 0 aliphatic carbocycles. The van der Waals surface area contributed by atoms with Gasteiger partial charge in [0.15, 0.2) is 0 Å². The summed E-state index contributed by atoms with van der Waals surface area (Å²) >= 11 is 3.50. The van der Waals surface area contributed by atoms with Gasteiger partial charge >= 0.3 is 0 Å². The molecule has 0 bridgehead atoms. The molecule has 6 heteroatoms. The Morgan fingerprint density at radius 2 is 1.81 bits per heavy atom. The van der Waals surface area contributed by atoms with E-state index in [4.69, 9.17) is 9.72 Å². The monoisotopic (exact) mass is 475 g/mol. The van der Waals surface area contributed by atoms with Gasteiger partial charge in [0.25, 0.3) is 0 Å². The molecule has 2 heterocycles. The number of rotatable bonds is 6. The summed E-state index contributed by atoms with van der Waals surface area (Å²) < 4.78 is 9.11. The minimum atomic E-state index is 0.0376. The van der Waals surface area contributed by atoms with Crippen molar-refractivity contribution in [1.82, 2.24) is 9.55 Å². The Bertz CT molecular complexity index is 1220. The first-order valence-corrected chi connectivity index (χ1v) is 11.2. The first-order valence-electron chi connectivity index (χ1n) is 10.4. The molecule has 5 rings (SSSR count). The standard InChI is InChI=1S/C25H22BrN3O2/c26-19-7-6-8-20(16-19)29-17-18(15-24(29)30)25-27-22-11-4-5-12-23(22)28(25)13-14-31-21-9-2-1-3-10-21/h1-12,16,18H,13-15,17H2. The van der Waals surface area contributed by atoms with Crippen LogP contribution in [-0.2, 0) is 11.3 Å². The van der Waals surface area contributed by atoms with Crippen LogP contribution in [0.15, 0.2) is 83.3 Å². The van der Waals surface area contributed by atoms with Gasteiger partial charge in [-0.15, -0.1) is 0 Å². The van der Waals surface area contributed by atoms with E-state index in [1.807, 2.05) is 77.7 Å². The van der Waals surface area contributed by atoms with Gasteiger partial charge in [-0.05, 0) is 42.5 Å². The third-order valence-electron chi connectivity index (χ3n) is 5.62. The van der Waals surface area contributed by atoms with Crippen molar-refractivity contribution < 1.29 is 9.53 Å². The quantitative estimate of drug-likeness (QED) is 0.375. The number of aromatic nitrogens is 2. The van der Waals surface area contributed by atoms with Crippen LogP contribution >= 0.6 is 15.9 Å². The minimum absolute atomic E-state index is 0.0376. The van der Waals surface area contributed by atoms with Gasteiger partial charge in [-0.25, -0.2) is 4.98 Å². The molecule has 1 fully saturated rings. The fourth-order valence-electron chi connectivity index (χ4n) is 4.19. The second kappa shape index (κ2) is 8.55. The van der Waals surface area contributed by atoms with Gasteiger partial charge in [-0.2, -0.15) is 0 Å². The molecule has 5 nitrogen and oxygen atoms in total. The zero-order valence-corrected chi connectivity index (χ0v) is 18.5. The van der Waals surface area contributed by atoms with E-state index in [1.165, 1.54) is 0 Å². The highest BCUT2D eigenvalue weighted by Gasteiger charge is 2.34. The van der Waals surface area contributed by atoms with E-state index < -0.39 is 0 Å². The van der Waals surface area contributed by atoms with Gasteiger partial charge < -0.3 is 14.2 Å². The van der Waals surface area contributed by atoms with Crippen LogP contribution in [-0.4, -0.2) is 28.6 Å². The summed E-state index contributed by atoms with van der Waals surface area (Å²) in [6, 6.07) is 25.8. The van der Waals surface area contributed by atoms with Gasteiger partial charge in [-0.3, -0.25) is 4.79 Å². The number of amides is 1. The molecule has 1 aromatic heterocycles. The Morgan fingerprint density at radius 1 is 1.00 bits per heavy atom. The minimum Gasteiger partial charge on any atom is -0.492 e. The summed E-state index contributed by atoms with van der Waals surface area (Å²) in [5.41, 5.74) is 2.94. The Labute approximate surface area is 189 Å². The highest BCUT2D eigenvalue weighted by Crippen LogP contribution is 2.34. The molecular weight excluding hydrogens is 454 g/mol. The SMILES string of the molecule is O=C1CC(c2nc3ccccc3n2CCOc2ccccc2)CN1c1cccc(Br)c1. The molecule has 1 saturated heterocycles. The highest BCUT2D eigenvalue weighted by molar-refractivity contribution is 9.10. The molecule has 0 spiro atoms. The molecule has 1 amide bonds. The Hall–Kier alpha value is -3.12. The van der Waals surface area contributed by atoms with Crippen molar-refractivity contribution in [3.05, 3.63) is 89.2 Å². The third kappa shape index (κ3) is 4.08. The van der Waals surface area contributed by atoms with E-state index in [1.54, 1.807) is 0 Å². The summed E-state index contributed by atoms with van der Waals surface area (Å²) in [6.07, 6.45) is 0.454. The lowest BCUT2D eigenvalue weighted by atomic mass is 10.1. The molecule has 31 heavy (non-hydrogen) atoms. The van der Waals surface area contributed by atoms with Crippen molar-refractivity contribution in [3.63, 3.8) is 0 Å². The molecular formula is C25H22BrN3O2. The zero-order chi connectivity index (χ0) is 21.2. The lowest BCUT2D eigenvalue weighted by molar-refractivity contribution is -0.117. The summed E-state index contributed by atoms with van der Waals surface area (Å²) in [6.45, 7) is 1.83. The molecule has 0 saturated carbocycles. The Kier molecular flexibility index (Phi) is 5.47. The van der Waals surface area contributed by atoms with E-state index in [9.17, 15) is 4.79 Å². The number of carbonyl (C=O) groups excluding carboxylic acids is 1. The van der Waals surface area contributed by atoms with Crippen molar-refractivity contribution >= 4 is 38.6 Å². The summed E-state index contributed by atoms with van der Waals surface area (Å²) in [4.78, 5) is 19.6. The summed E-state index contributed by atoms with van der Waals surface area (Å²) in [7, 11) is 0. The van der Waals surface area contributed by atoms with Crippen molar-refractivity contribution in [2.75, 3.05) is 18.1 Å². The van der Waals surface area contributed by atoms with Crippen molar-refractivity contribution in [2.45, 2.75) is 18.9 Å². The van der Waals surface area contributed by atoms with Crippen molar-refractivity contribution in [3.8, 4) is 5.75 Å². The number of imidazole rings is 1. The van der Waals surface area contributed by atoms with Crippen LogP contribution in [0.3, 0.4) is 0 Å². The van der Waals surface area contributed by atoms with Gasteiger partial charge in [0.2, 0.25) is 5.91 Å². The van der Waals surface area contributed by atoms with E-state index in [-0.39, 0.29) is 11.8 Å². The van der Waals surface area contributed by atoms with Crippen LogP contribution in [0.1, 0.15) is 18.2 Å². The fraction of sp³-hybridized carbons (Fsp3) is 0.200. The van der Waals surface area contributed by atoms with Gasteiger partial charge in [0.05, 0.1) is 17.6 Å². The third-order valence-corrected chi connectivity index (χ3v) is 6.11. The normalized spacial score (nSPS) is 16.2. The average molecular weight is 476 g/mol. The van der Waals surface area contributed by atoms with Crippen LogP contribution in [0.4, 0.5) is 5.69 Å². The summed E-state index contributed by atoms with van der Waals surface area (Å²) in [5, 5.41) is 0. The predicted octanol–water partition coefficient (Wildman–Crippen LogP) is 5.40.